The molecule has 8 N–H and O–H groups in total. The highest BCUT2D eigenvalue weighted by atomic mass is 31.2. The summed E-state index contributed by atoms with van der Waals surface area (Å²) >= 11 is 0. The molecule has 0 aromatic carbocycles. The average Bonchev–Trinajstić information content (AvgIpc) is 2.45. The summed E-state index contributed by atoms with van der Waals surface area (Å²) in [6, 6.07) is -1.04. The molecule has 1 rings (SSSR count). The van der Waals surface area contributed by atoms with Crippen LogP contribution in [0.1, 0.15) is 26.2 Å². The summed E-state index contributed by atoms with van der Waals surface area (Å²) in [5.41, 5.74) is 5.26. The number of ether oxygens (including phenoxy) is 1. The smallest absolute Gasteiger partial charge is 0.394 e. The van der Waals surface area contributed by atoms with Crippen molar-refractivity contribution in [3.05, 3.63) is 0 Å². The molecule has 1 aliphatic rings. The van der Waals surface area contributed by atoms with Gasteiger partial charge in [-0.1, -0.05) is 19.8 Å². The van der Waals surface area contributed by atoms with Gasteiger partial charge < -0.3 is 40.7 Å². The van der Waals surface area contributed by atoms with Gasteiger partial charge in [-0.15, -0.1) is 0 Å². The van der Waals surface area contributed by atoms with Crippen LogP contribution >= 0.6 is 7.82 Å². The zero-order chi connectivity index (χ0) is 17.3. The third-order valence-electron chi connectivity index (χ3n) is 2.96. The van der Waals surface area contributed by atoms with Crippen molar-refractivity contribution in [2.45, 2.75) is 56.8 Å². The van der Waals surface area contributed by atoms with E-state index in [9.17, 15) is 14.8 Å². The van der Waals surface area contributed by atoms with Gasteiger partial charge in [0.05, 0.1) is 19.3 Å². The minimum absolute atomic E-state index is 0.151. The van der Waals surface area contributed by atoms with Crippen LogP contribution in [0.2, 0.25) is 0 Å². The molecule has 134 valence electrons. The molecule has 0 bridgehead atoms. The molecule has 0 amide bonds. The predicted octanol–water partition coefficient (Wildman–Crippen LogP) is -1.97. The predicted molar refractivity (Wildman–Crippen MR) is 75.5 cm³/mol. The fourth-order valence-corrected chi connectivity index (χ4v) is 2.02. The molecule has 1 aliphatic heterocycles. The Morgan fingerprint density at radius 2 is 1.77 bits per heavy atom. The molecule has 5 atom stereocenters. The molecule has 1 heterocycles. The standard InChI is InChI=1S/C6H13NO5.C5H13O4P/c7-3-5(10)4(9)2(1-8)12-6(3)11;1-2-3-4-5-9-10(6,7)8/h2-6,8-11H,1,7H2;2-5H2,1H3,(H2,6,7,8)/t2-,3-,4-,5-,6-;/m1./s1. The molecule has 10 nitrogen and oxygen atoms in total. The summed E-state index contributed by atoms with van der Waals surface area (Å²) in [6.07, 6.45) is -2.18. The van der Waals surface area contributed by atoms with Crippen molar-refractivity contribution in [3.8, 4) is 0 Å². The molecule has 0 aromatic rings. The molecule has 1 fully saturated rings. The lowest BCUT2D eigenvalue weighted by Gasteiger charge is -2.38. The van der Waals surface area contributed by atoms with Crippen LogP contribution in [0, 0.1) is 0 Å². The molecule has 0 saturated carbocycles. The van der Waals surface area contributed by atoms with Gasteiger partial charge in [-0.3, -0.25) is 4.52 Å². The molecule has 0 aliphatic carbocycles. The molecule has 0 aromatic heterocycles. The minimum atomic E-state index is -4.21. The Balaban J connectivity index is 0.000000409. The third kappa shape index (κ3) is 8.49. The van der Waals surface area contributed by atoms with Gasteiger partial charge in [0.15, 0.2) is 6.29 Å². The Labute approximate surface area is 128 Å². The Morgan fingerprint density at radius 3 is 2.23 bits per heavy atom. The summed E-state index contributed by atoms with van der Waals surface area (Å²) in [7, 11) is -4.21. The number of phosphoric ester groups is 1. The van der Waals surface area contributed by atoms with E-state index in [-0.39, 0.29) is 6.61 Å². The van der Waals surface area contributed by atoms with Crippen LogP contribution in [-0.4, -0.2) is 74.1 Å². The Hall–Kier alpha value is -0.130. The Kier molecular flexibility index (Phi) is 10.5. The van der Waals surface area contributed by atoms with Crippen LogP contribution in [-0.2, 0) is 13.8 Å². The third-order valence-corrected chi connectivity index (χ3v) is 3.47. The second-order valence-electron chi connectivity index (χ2n) is 4.84. The number of phosphoric acid groups is 1. The van der Waals surface area contributed by atoms with E-state index in [2.05, 4.69) is 4.52 Å². The van der Waals surface area contributed by atoms with Crippen molar-refractivity contribution < 1.29 is 44.0 Å². The number of aliphatic hydroxyl groups excluding tert-OH is 4. The van der Waals surface area contributed by atoms with Gasteiger partial charge in [0.1, 0.15) is 18.3 Å². The largest absolute Gasteiger partial charge is 0.469 e. The average molecular weight is 347 g/mol. The SMILES string of the molecule is CCCCCOP(=O)(O)O.N[C@@H]1[C@@H](O)[C@H](O)[C@@H](CO)O[C@H]1O. The van der Waals surface area contributed by atoms with E-state index >= 15 is 0 Å². The van der Waals surface area contributed by atoms with Gasteiger partial charge in [0.25, 0.3) is 0 Å². The summed E-state index contributed by atoms with van der Waals surface area (Å²) < 4.78 is 19.0. The van der Waals surface area contributed by atoms with E-state index in [0.717, 1.165) is 12.8 Å². The van der Waals surface area contributed by atoms with E-state index < -0.39 is 45.1 Å². The summed E-state index contributed by atoms with van der Waals surface area (Å²) in [5, 5.41) is 36.1. The fraction of sp³-hybridized carbons (Fsp3) is 1.00. The number of aliphatic hydroxyl groups is 4. The van der Waals surface area contributed by atoms with Crippen molar-refractivity contribution in [2.75, 3.05) is 13.2 Å². The fourth-order valence-electron chi connectivity index (χ4n) is 1.65. The first-order chi connectivity index (χ1) is 10.1. The first-order valence-electron chi connectivity index (χ1n) is 6.90. The number of hydrogen-bond acceptors (Lipinski definition) is 8. The highest BCUT2D eigenvalue weighted by Gasteiger charge is 2.41. The highest BCUT2D eigenvalue weighted by Crippen LogP contribution is 2.35. The highest BCUT2D eigenvalue weighted by molar-refractivity contribution is 7.46. The molecule has 11 heteroatoms. The number of unbranched alkanes of at least 4 members (excludes halogenated alkanes) is 2. The van der Waals surface area contributed by atoms with Crippen LogP contribution in [0.4, 0.5) is 0 Å². The quantitative estimate of drug-likeness (QED) is 0.210. The molecular formula is C11H26NO9P. The second-order valence-corrected chi connectivity index (χ2v) is 6.08. The summed E-state index contributed by atoms with van der Waals surface area (Å²) in [4.78, 5) is 16.4. The van der Waals surface area contributed by atoms with E-state index in [0.29, 0.717) is 6.42 Å². The molecule has 0 radical (unpaired) electrons. The minimum Gasteiger partial charge on any atom is -0.394 e. The lowest BCUT2D eigenvalue weighted by Crippen LogP contribution is -2.61. The zero-order valence-corrected chi connectivity index (χ0v) is 13.2. The van der Waals surface area contributed by atoms with Gasteiger partial charge in [-0.2, -0.15) is 0 Å². The lowest BCUT2D eigenvalue weighted by atomic mass is 9.98. The van der Waals surface area contributed by atoms with Gasteiger partial charge in [0, 0.05) is 0 Å². The topological polar surface area (TPSA) is 183 Å². The van der Waals surface area contributed by atoms with E-state index in [1.54, 1.807) is 0 Å². The molecular weight excluding hydrogens is 321 g/mol. The van der Waals surface area contributed by atoms with Crippen molar-refractivity contribution in [1.82, 2.24) is 0 Å². The second kappa shape index (κ2) is 10.6. The maximum absolute atomic E-state index is 10.1. The van der Waals surface area contributed by atoms with Crippen LogP contribution in [0.3, 0.4) is 0 Å². The van der Waals surface area contributed by atoms with E-state index in [4.69, 9.17) is 30.5 Å². The van der Waals surface area contributed by atoms with E-state index in [1.807, 2.05) is 6.92 Å². The van der Waals surface area contributed by atoms with Gasteiger partial charge in [-0.25, -0.2) is 4.57 Å². The molecule has 1 saturated heterocycles. The summed E-state index contributed by atoms with van der Waals surface area (Å²) in [6.45, 7) is 1.69. The van der Waals surface area contributed by atoms with Crippen LogP contribution < -0.4 is 5.73 Å². The van der Waals surface area contributed by atoms with Gasteiger partial charge in [-0.05, 0) is 6.42 Å². The van der Waals surface area contributed by atoms with E-state index in [1.165, 1.54) is 0 Å². The maximum Gasteiger partial charge on any atom is 0.469 e. The normalized spacial score (nSPS) is 32.3. The number of nitrogens with two attached hydrogens (primary N) is 1. The Bertz CT molecular complexity index is 335. The lowest BCUT2D eigenvalue weighted by molar-refractivity contribution is -0.248. The van der Waals surface area contributed by atoms with Crippen molar-refractivity contribution in [3.63, 3.8) is 0 Å². The Morgan fingerprint density at radius 1 is 1.18 bits per heavy atom. The van der Waals surface area contributed by atoms with Crippen molar-refractivity contribution in [2.24, 2.45) is 5.73 Å². The van der Waals surface area contributed by atoms with Gasteiger partial charge >= 0.3 is 7.82 Å². The number of hydrogen-bond donors (Lipinski definition) is 7. The molecule has 22 heavy (non-hydrogen) atoms. The number of rotatable bonds is 6. The van der Waals surface area contributed by atoms with Crippen molar-refractivity contribution in [1.29, 1.82) is 0 Å². The summed E-state index contributed by atoms with van der Waals surface area (Å²) in [5.74, 6) is 0. The monoisotopic (exact) mass is 347 g/mol. The first kappa shape index (κ1) is 21.9. The maximum atomic E-state index is 10.1. The van der Waals surface area contributed by atoms with Gasteiger partial charge in [0.2, 0.25) is 0 Å². The molecule has 0 spiro atoms. The van der Waals surface area contributed by atoms with Crippen LogP contribution in [0.15, 0.2) is 0 Å². The molecule has 0 unspecified atom stereocenters. The first-order valence-corrected chi connectivity index (χ1v) is 8.43. The zero-order valence-electron chi connectivity index (χ0n) is 12.4. The van der Waals surface area contributed by atoms with Crippen LogP contribution in [0.25, 0.3) is 0 Å². The van der Waals surface area contributed by atoms with Crippen molar-refractivity contribution >= 4 is 7.82 Å². The van der Waals surface area contributed by atoms with Crippen LogP contribution in [0.5, 0.6) is 0 Å².